The first-order valence-electron chi connectivity index (χ1n) is 12.7. The van der Waals surface area contributed by atoms with Crippen LogP contribution >= 0.6 is 11.3 Å². The summed E-state index contributed by atoms with van der Waals surface area (Å²) in [5.41, 5.74) is 0.0419. The van der Waals surface area contributed by atoms with Crippen molar-refractivity contribution in [3.05, 3.63) is 71.1 Å². The fourth-order valence-corrected chi connectivity index (χ4v) is 5.81. The van der Waals surface area contributed by atoms with Crippen molar-refractivity contribution >= 4 is 34.6 Å². The maximum Gasteiger partial charge on any atom is 0.433 e. The number of aliphatic hydroxyl groups is 1. The van der Waals surface area contributed by atoms with E-state index >= 15 is 0 Å². The van der Waals surface area contributed by atoms with E-state index in [9.17, 15) is 33.3 Å². The number of aromatic hydroxyl groups is 2. The van der Waals surface area contributed by atoms with Crippen LogP contribution in [0.15, 0.2) is 54.9 Å². The molecule has 5 rings (SSSR count). The number of hydrogen-bond acceptors (Lipinski definition) is 9. The molecule has 1 aliphatic carbocycles. The Bertz CT molecular complexity index is 1590. The van der Waals surface area contributed by atoms with Gasteiger partial charge in [-0.1, -0.05) is 6.07 Å². The molecule has 2 aromatic heterocycles. The normalized spacial score (nSPS) is 19.1. The maximum absolute atomic E-state index is 13.0. The van der Waals surface area contributed by atoms with Crippen molar-refractivity contribution in [2.24, 2.45) is 5.92 Å². The molecule has 9 nitrogen and oxygen atoms in total. The summed E-state index contributed by atoms with van der Waals surface area (Å²) in [4.78, 5) is 25.4. The fourth-order valence-electron chi connectivity index (χ4n) is 4.76. The highest BCUT2D eigenvalue weighted by Gasteiger charge is 2.39. The molecule has 1 amide bonds. The number of hydrogen-bond donors (Lipinski definition) is 5. The van der Waals surface area contributed by atoms with Crippen molar-refractivity contribution < 1.29 is 33.3 Å². The first-order chi connectivity index (χ1) is 19.4. The highest BCUT2D eigenvalue weighted by atomic mass is 32.1. The third-order valence-corrected chi connectivity index (χ3v) is 8.13. The largest absolute Gasteiger partial charge is 0.508 e. The molecule has 0 bridgehead atoms. The summed E-state index contributed by atoms with van der Waals surface area (Å²) in [6.07, 6.45) is -0.462. The van der Waals surface area contributed by atoms with E-state index in [1.54, 1.807) is 18.3 Å². The van der Waals surface area contributed by atoms with Crippen LogP contribution in [0.1, 0.15) is 41.9 Å². The topological polar surface area (TPSA) is 140 Å². The van der Waals surface area contributed by atoms with Crippen LogP contribution in [0.4, 0.5) is 30.5 Å². The molecule has 0 saturated heterocycles. The molecule has 0 atom stereocenters. The lowest BCUT2D eigenvalue weighted by atomic mass is 9.78. The van der Waals surface area contributed by atoms with Gasteiger partial charge in [-0.05, 0) is 74.1 Å². The number of thiazole rings is 1. The molecular weight excluding hydrogens is 559 g/mol. The standard InChI is InChI=1S/C28H26F3N5O4S/c1-15-10-17(12-18(11-15)34-26-32-9-6-23(36-26)28(29,30)31)22-14-33-25(41-22)27(40)7-4-16(5-8-27)24(39)35-20-3-2-19(37)13-21(20)38/h2-3,6,9-14,16,37-38,40H,4-5,7-8H2,1H3,(H,35,39)(H,32,34,36)/t16-,27+. The predicted octanol–water partition coefficient (Wildman–Crippen LogP) is 6.10. The minimum atomic E-state index is -4.59. The summed E-state index contributed by atoms with van der Waals surface area (Å²) < 4.78 is 39.1. The van der Waals surface area contributed by atoms with E-state index in [2.05, 4.69) is 25.6 Å². The van der Waals surface area contributed by atoms with Crippen LogP contribution in [-0.4, -0.2) is 36.2 Å². The molecule has 214 valence electrons. The number of benzene rings is 2. The monoisotopic (exact) mass is 585 g/mol. The molecule has 1 fully saturated rings. The first-order valence-corrected chi connectivity index (χ1v) is 13.5. The van der Waals surface area contributed by atoms with Gasteiger partial charge in [0, 0.05) is 30.1 Å². The second-order valence-electron chi connectivity index (χ2n) is 10.0. The number of halogens is 3. The van der Waals surface area contributed by atoms with Crippen molar-refractivity contribution in [2.75, 3.05) is 10.6 Å². The number of aryl methyl sites for hydroxylation is 1. The lowest BCUT2D eigenvalue weighted by Gasteiger charge is -2.33. The van der Waals surface area contributed by atoms with Crippen LogP contribution in [0.3, 0.4) is 0 Å². The van der Waals surface area contributed by atoms with Crippen LogP contribution in [0.5, 0.6) is 11.5 Å². The van der Waals surface area contributed by atoms with E-state index < -0.39 is 17.5 Å². The van der Waals surface area contributed by atoms with Gasteiger partial charge in [0.05, 0.1) is 10.6 Å². The Hall–Kier alpha value is -4.23. The molecule has 4 aromatic rings. The zero-order valence-corrected chi connectivity index (χ0v) is 22.6. The zero-order chi connectivity index (χ0) is 29.4. The number of phenolic OH excluding ortho intramolecular Hbond substituents is 2. The lowest BCUT2D eigenvalue weighted by Crippen LogP contribution is -2.35. The molecule has 1 aliphatic rings. The Morgan fingerprint density at radius 1 is 1.07 bits per heavy atom. The van der Waals surface area contributed by atoms with Gasteiger partial charge in [-0.2, -0.15) is 13.2 Å². The van der Waals surface area contributed by atoms with Gasteiger partial charge in [0.2, 0.25) is 11.9 Å². The maximum atomic E-state index is 13.0. The minimum absolute atomic E-state index is 0.117. The van der Waals surface area contributed by atoms with E-state index in [1.165, 1.54) is 23.5 Å². The van der Waals surface area contributed by atoms with E-state index in [4.69, 9.17) is 0 Å². The van der Waals surface area contributed by atoms with E-state index in [1.807, 2.05) is 13.0 Å². The van der Waals surface area contributed by atoms with E-state index in [0.717, 1.165) is 34.3 Å². The van der Waals surface area contributed by atoms with Gasteiger partial charge < -0.3 is 26.0 Å². The van der Waals surface area contributed by atoms with Gasteiger partial charge >= 0.3 is 6.18 Å². The summed E-state index contributed by atoms with van der Waals surface area (Å²) in [6, 6.07) is 10.1. The molecule has 1 saturated carbocycles. The summed E-state index contributed by atoms with van der Waals surface area (Å²) in [5.74, 6) is -1.19. The molecular formula is C28H26F3N5O4S. The van der Waals surface area contributed by atoms with Gasteiger partial charge in [0.25, 0.3) is 0 Å². The van der Waals surface area contributed by atoms with Crippen molar-refractivity contribution in [2.45, 2.75) is 44.4 Å². The SMILES string of the molecule is Cc1cc(Nc2nccc(C(F)(F)F)n2)cc(-c2cnc([C@]3(O)CC[C@@H](C(=O)Nc4ccc(O)cc4O)CC3)s2)c1. The third kappa shape index (κ3) is 6.41. The minimum Gasteiger partial charge on any atom is -0.508 e. The Morgan fingerprint density at radius 2 is 1.83 bits per heavy atom. The van der Waals surface area contributed by atoms with Crippen LogP contribution < -0.4 is 10.6 Å². The number of nitrogens with one attached hydrogen (secondary N) is 2. The number of amides is 1. The molecule has 41 heavy (non-hydrogen) atoms. The molecule has 0 radical (unpaired) electrons. The Labute approximate surface area is 236 Å². The molecule has 0 spiro atoms. The average Bonchev–Trinajstić information content (AvgIpc) is 3.42. The summed E-state index contributed by atoms with van der Waals surface area (Å²) in [6.45, 7) is 1.85. The van der Waals surface area contributed by atoms with Crippen molar-refractivity contribution in [3.8, 4) is 21.9 Å². The molecule has 13 heteroatoms. The number of carbonyl (C=O) groups excluding carboxylic acids is 1. The lowest BCUT2D eigenvalue weighted by molar-refractivity contribution is -0.141. The van der Waals surface area contributed by atoms with Crippen molar-refractivity contribution in [3.63, 3.8) is 0 Å². The van der Waals surface area contributed by atoms with Crippen molar-refractivity contribution in [1.29, 1.82) is 0 Å². The number of nitrogens with zero attached hydrogens (tertiary/aromatic N) is 3. The second kappa shape index (κ2) is 11.0. The Balaban J connectivity index is 1.27. The summed E-state index contributed by atoms with van der Waals surface area (Å²) >= 11 is 1.31. The fraction of sp³-hybridized carbons (Fsp3) is 0.286. The highest BCUT2D eigenvalue weighted by molar-refractivity contribution is 7.15. The van der Waals surface area contributed by atoms with Gasteiger partial charge in [0.15, 0.2) is 0 Å². The number of alkyl halides is 3. The Morgan fingerprint density at radius 3 is 2.54 bits per heavy atom. The molecule has 5 N–H and O–H groups in total. The summed E-state index contributed by atoms with van der Waals surface area (Å²) in [7, 11) is 0. The quantitative estimate of drug-likeness (QED) is 0.135. The predicted molar refractivity (Wildman–Crippen MR) is 147 cm³/mol. The van der Waals surface area contributed by atoms with Crippen LogP contribution in [-0.2, 0) is 16.6 Å². The van der Waals surface area contributed by atoms with Gasteiger partial charge in [-0.25, -0.2) is 15.0 Å². The Kier molecular flexibility index (Phi) is 7.58. The number of phenols is 2. The molecule has 0 aliphatic heterocycles. The smallest absolute Gasteiger partial charge is 0.433 e. The second-order valence-corrected chi connectivity index (χ2v) is 11.0. The average molecular weight is 586 g/mol. The van der Waals surface area contributed by atoms with Crippen LogP contribution in [0, 0.1) is 12.8 Å². The zero-order valence-electron chi connectivity index (χ0n) is 21.7. The van der Waals surface area contributed by atoms with Gasteiger partial charge in [0.1, 0.15) is 27.8 Å². The van der Waals surface area contributed by atoms with Gasteiger partial charge in [-0.3, -0.25) is 4.79 Å². The van der Waals surface area contributed by atoms with Crippen molar-refractivity contribution in [1.82, 2.24) is 15.0 Å². The highest BCUT2D eigenvalue weighted by Crippen LogP contribution is 2.43. The first kappa shape index (κ1) is 28.3. The van der Waals surface area contributed by atoms with Crippen LogP contribution in [0.25, 0.3) is 10.4 Å². The molecule has 2 heterocycles. The number of carbonyl (C=O) groups is 1. The van der Waals surface area contributed by atoms with Gasteiger partial charge in [-0.15, -0.1) is 11.3 Å². The van der Waals surface area contributed by atoms with E-state index in [-0.39, 0.29) is 35.0 Å². The number of anilines is 3. The van der Waals surface area contributed by atoms with Crippen LogP contribution in [0.2, 0.25) is 0 Å². The molecule has 2 aromatic carbocycles. The molecule has 0 unspecified atom stereocenters. The number of rotatable bonds is 6. The summed E-state index contributed by atoms with van der Waals surface area (Å²) in [5, 5.41) is 36.8. The number of aromatic nitrogens is 3. The van der Waals surface area contributed by atoms with E-state index in [0.29, 0.717) is 36.4 Å². The third-order valence-electron chi connectivity index (χ3n) is 6.89.